The Morgan fingerprint density at radius 3 is 2.59 bits per heavy atom. The largest absolute Gasteiger partial charge is 0.507 e. The summed E-state index contributed by atoms with van der Waals surface area (Å²) < 4.78 is 21.7. The molecule has 4 rings (SSSR count). The third kappa shape index (κ3) is 3.89. The highest BCUT2D eigenvalue weighted by Gasteiger charge is 2.46. The van der Waals surface area contributed by atoms with E-state index in [2.05, 4.69) is 0 Å². The van der Waals surface area contributed by atoms with Crippen LogP contribution in [0.1, 0.15) is 23.6 Å². The quantitative estimate of drug-likeness (QED) is 0.307. The number of carbonyl (C=O) groups excluding carboxylic acids is 2. The molecule has 1 amide bonds. The van der Waals surface area contributed by atoms with Gasteiger partial charge in [0.05, 0.1) is 18.7 Å². The number of amides is 1. The number of aliphatic hydroxyl groups is 1. The fourth-order valence-electron chi connectivity index (χ4n) is 4.05. The smallest absolute Gasteiger partial charge is 0.295 e. The van der Waals surface area contributed by atoms with Crippen LogP contribution in [0.15, 0.2) is 48.0 Å². The Balaban J connectivity index is 1.84. The average molecular weight is 439 g/mol. The van der Waals surface area contributed by atoms with Crippen LogP contribution in [0.5, 0.6) is 17.2 Å². The van der Waals surface area contributed by atoms with Gasteiger partial charge in [-0.05, 0) is 30.7 Å². The molecule has 2 aromatic carbocycles. The Labute approximate surface area is 185 Å². The minimum atomic E-state index is -0.795. The number of fused-ring (bicyclic) bond motifs is 1. The van der Waals surface area contributed by atoms with Crippen LogP contribution in [-0.4, -0.2) is 62.3 Å². The van der Waals surface area contributed by atoms with Gasteiger partial charge in [-0.1, -0.05) is 18.2 Å². The van der Waals surface area contributed by atoms with Gasteiger partial charge in [0.2, 0.25) is 0 Å². The van der Waals surface area contributed by atoms with Gasteiger partial charge in [0, 0.05) is 31.4 Å². The molecule has 0 aliphatic carbocycles. The molecule has 168 valence electrons. The van der Waals surface area contributed by atoms with Crippen LogP contribution in [0, 0.1) is 0 Å². The number of nitrogens with zero attached hydrogens (tertiary/aromatic N) is 1. The molecule has 1 N–H and O–H groups in total. The van der Waals surface area contributed by atoms with Gasteiger partial charge in [-0.25, -0.2) is 0 Å². The molecule has 2 aromatic rings. The second kappa shape index (κ2) is 9.32. The molecular weight excluding hydrogens is 414 g/mol. The summed E-state index contributed by atoms with van der Waals surface area (Å²) in [6.45, 7) is 1.56. The van der Waals surface area contributed by atoms with Gasteiger partial charge in [0.1, 0.15) is 24.7 Å². The molecule has 1 unspecified atom stereocenters. The fourth-order valence-corrected chi connectivity index (χ4v) is 4.05. The topological polar surface area (TPSA) is 94.5 Å². The number of rotatable bonds is 7. The lowest BCUT2D eigenvalue weighted by molar-refractivity contribution is -0.140. The normalized spacial score (nSPS) is 19.3. The molecule has 8 nitrogen and oxygen atoms in total. The Kier molecular flexibility index (Phi) is 6.32. The van der Waals surface area contributed by atoms with E-state index in [1.807, 2.05) is 0 Å². The molecule has 1 fully saturated rings. The molecule has 0 spiro atoms. The van der Waals surface area contributed by atoms with Gasteiger partial charge in [-0.15, -0.1) is 0 Å². The third-order valence-electron chi connectivity index (χ3n) is 5.54. The number of benzene rings is 2. The molecule has 8 heteroatoms. The Morgan fingerprint density at radius 2 is 1.84 bits per heavy atom. The summed E-state index contributed by atoms with van der Waals surface area (Å²) in [4.78, 5) is 27.5. The number of Topliss-reactive ketones (excluding diaryl/α,β-unsaturated/α-hetero) is 1. The van der Waals surface area contributed by atoms with Crippen molar-refractivity contribution in [3.05, 3.63) is 59.2 Å². The van der Waals surface area contributed by atoms with Crippen LogP contribution >= 0.6 is 0 Å². The zero-order valence-corrected chi connectivity index (χ0v) is 18.0. The first-order valence-electron chi connectivity index (χ1n) is 10.4. The van der Waals surface area contributed by atoms with Crippen LogP contribution < -0.4 is 14.2 Å². The summed E-state index contributed by atoms with van der Waals surface area (Å²) in [6, 6.07) is 11.3. The SMILES string of the molecule is COCCCN1C(=O)C(=O)C(=C(O)c2ccc3c(c2)OCCO3)C1c1ccccc1OC. The highest BCUT2D eigenvalue weighted by atomic mass is 16.6. The Bertz CT molecular complexity index is 1060. The van der Waals surface area contributed by atoms with E-state index >= 15 is 0 Å². The van der Waals surface area contributed by atoms with Crippen LogP contribution in [-0.2, 0) is 14.3 Å². The molecule has 2 heterocycles. The number of likely N-dealkylation sites (tertiary alicyclic amines) is 1. The molecule has 2 aliphatic heterocycles. The maximum absolute atomic E-state index is 13.1. The summed E-state index contributed by atoms with van der Waals surface area (Å²) in [5.74, 6) is -0.130. The maximum Gasteiger partial charge on any atom is 0.295 e. The van der Waals surface area contributed by atoms with Gasteiger partial charge in [0.15, 0.2) is 11.5 Å². The van der Waals surface area contributed by atoms with E-state index in [9.17, 15) is 14.7 Å². The first-order valence-corrected chi connectivity index (χ1v) is 10.4. The van der Waals surface area contributed by atoms with E-state index in [1.165, 1.54) is 12.0 Å². The maximum atomic E-state index is 13.1. The molecule has 1 saturated heterocycles. The lowest BCUT2D eigenvalue weighted by atomic mass is 9.94. The molecule has 0 radical (unpaired) electrons. The van der Waals surface area contributed by atoms with Crippen LogP contribution in [0.4, 0.5) is 0 Å². The lowest BCUT2D eigenvalue weighted by Gasteiger charge is -2.26. The first-order chi connectivity index (χ1) is 15.6. The van der Waals surface area contributed by atoms with Crippen molar-refractivity contribution in [2.24, 2.45) is 0 Å². The van der Waals surface area contributed by atoms with Gasteiger partial charge in [0.25, 0.3) is 11.7 Å². The van der Waals surface area contributed by atoms with Crippen molar-refractivity contribution in [2.75, 3.05) is 40.6 Å². The zero-order valence-electron chi connectivity index (χ0n) is 18.0. The van der Waals surface area contributed by atoms with E-state index in [1.54, 1.807) is 49.6 Å². The summed E-state index contributed by atoms with van der Waals surface area (Å²) in [6.07, 6.45) is 0.541. The molecule has 32 heavy (non-hydrogen) atoms. The van der Waals surface area contributed by atoms with Crippen molar-refractivity contribution in [2.45, 2.75) is 12.5 Å². The van der Waals surface area contributed by atoms with Crippen molar-refractivity contribution < 1.29 is 33.6 Å². The van der Waals surface area contributed by atoms with Gasteiger partial charge in [-0.3, -0.25) is 9.59 Å². The zero-order chi connectivity index (χ0) is 22.7. The molecule has 0 saturated carbocycles. The predicted octanol–water partition coefficient (Wildman–Crippen LogP) is 2.92. The Morgan fingerprint density at radius 1 is 1.09 bits per heavy atom. The number of ketones is 1. The number of carbonyl (C=O) groups is 2. The Hall–Kier alpha value is -3.52. The van der Waals surface area contributed by atoms with E-state index < -0.39 is 17.7 Å². The standard InChI is InChI=1S/C24H25NO7/c1-29-11-5-10-25-21(16-6-3-4-7-17(16)30-2)20(23(27)24(25)28)22(26)15-8-9-18-19(14-15)32-13-12-31-18/h3-4,6-9,14,21,26H,5,10-13H2,1-2H3. The molecule has 1 atom stereocenters. The first kappa shape index (κ1) is 21.7. The van der Waals surface area contributed by atoms with Crippen molar-refractivity contribution in [1.29, 1.82) is 0 Å². The summed E-state index contributed by atoms with van der Waals surface area (Å²) in [7, 11) is 3.10. The molecular formula is C24H25NO7. The molecule has 2 aliphatic rings. The number of ether oxygens (including phenoxy) is 4. The number of aliphatic hydroxyl groups excluding tert-OH is 1. The van der Waals surface area contributed by atoms with Crippen LogP contribution in [0.2, 0.25) is 0 Å². The number of para-hydroxylation sites is 1. The molecule has 0 aromatic heterocycles. The third-order valence-corrected chi connectivity index (χ3v) is 5.54. The predicted molar refractivity (Wildman–Crippen MR) is 116 cm³/mol. The van der Waals surface area contributed by atoms with E-state index in [0.717, 1.165) is 0 Å². The van der Waals surface area contributed by atoms with Gasteiger partial charge >= 0.3 is 0 Å². The lowest BCUT2D eigenvalue weighted by Crippen LogP contribution is -2.31. The minimum absolute atomic E-state index is 0.00796. The minimum Gasteiger partial charge on any atom is -0.507 e. The number of hydrogen-bond donors (Lipinski definition) is 1. The van der Waals surface area contributed by atoms with Crippen LogP contribution in [0.3, 0.4) is 0 Å². The van der Waals surface area contributed by atoms with Crippen molar-refractivity contribution in [3.8, 4) is 17.2 Å². The summed E-state index contributed by atoms with van der Waals surface area (Å²) in [5, 5.41) is 11.2. The number of hydrogen-bond acceptors (Lipinski definition) is 7. The van der Waals surface area contributed by atoms with Crippen molar-refractivity contribution in [3.63, 3.8) is 0 Å². The summed E-state index contributed by atoms with van der Waals surface area (Å²) in [5.41, 5.74) is 0.989. The number of methoxy groups -OCH3 is 2. The van der Waals surface area contributed by atoms with Crippen molar-refractivity contribution >= 4 is 17.4 Å². The highest BCUT2D eigenvalue weighted by Crippen LogP contribution is 2.43. The second-order valence-electron chi connectivity index (χ2n) is 7.44. The van der Waals surface area contributed by atoms with Gasteiger partial charge < -0.3 is 29.0 Å². The highest BCUT2D eigenvalue weighted by molar-refractivity contribution is 6.46. The van der Waals surface area contributed by atoms with Gasteiger partial charge in [-0.2, -0.15) is 0 Å². The fraction of sp³-hybridized carbons (Fsp3) is 0.333. The van der Waals surface area contributed by atoms with Crippen molar-refractivity contribution in [1.82, 2.24) is 4.90 Å². The van der Waals surface area contributed by atoms with E-state index in [4.69, 9.17) is 18.9 Å². The van der Waals surface area contributed by atoms with E-state index in [-0.39, 0.29) is 11.3 Å². The van der Waals surface area contributed by atoms with Crippen LogP contribution in [0.25, 0.3) is 5.76 Å². The summed E-state index contributed by atoms with van der Waals surface area (Å²) >= 11 is 0. The molecule has 0 bridgehead atoms. The second-order valence-corrected chi connectivity index (χ2v) is 7.44. The monoisotopic (exact) mass is 439 g/mol. The average Bonchev–Trinajstić information content (AvgIpc) is 3.08. The van der Waals surface area contributed by atoms with E-state index in [0.29, 0.717) is 61.2 Å².